The predicted molar refractivity (Wildman–Crippen MR) is 144 cm³/mol. The van der Waals surface area contributed by atoms with E-state index in [0.29, 0.717) is 18.5 Å². The normalized spacial score (nSPS) is 13.7. The summed E-state index contributed by atoms with van der Waals surface area (Å²) in [7, 11) is 0. The van der Waals surface area contributed by atoms with Crippen molar-refractivity contribution in [3.63, 3.8) is 0 Å². The molecule has 8 nitrogen and oxygen atoms in total. The van der Waals surface area contributed by atoms with Crippen molar-refractivity contribution in [3.05, 3.63) is 70.8 Å². The first kappa shape index (κ1) is 29.8. The van der Waals surface area contributed by atoms with Crippen LogP contribution < -0.4 is 10.6 Å². The zero-order valence-electron chi connectivity index (χ0n) is 23.0. The zero-order valence-corrected chi connectivity index (χ0v) is 23.0. The molecular weight excluding hydrogens is 470 g/mol. The maximum Gasteiger partial charge on any atom is 0.408 e. The molecule has 0 bridgehead atoms. The Balaban J connectivity index is 2.48. The first-order valence-corrected chi connectivity index (χ1v) is 12.7. The molecule has 0 heterocycles. The van der Waals surface area contributed by atoms with Crippen LogP contribution in [0.4, 0.5) is 4.79 Å². The second kappa shape index (κ2) is 13.2. The summed E-state index contributed by atoms with van der Waals surface area (Å²) >= 11 is 0. The molecule has 0 saturated heterocycles. The average molecular weight is 512 g/mol. The van der Waals surface area contributed by atoms with E-state index >= 15 is 0 Å². The van der Waals surface area contributed by atoms with Crippen LogP contribution in [0, 0.1) is 13.8 Å². The summed E-state index contributed by atoms with van der Waals surface area (Å²) in [6.45, 7) is 12.4. The van der Waals surface area contributed by atoms with Crippen molar-refractivity contribution in [3.8, 4) is 0 Å². The number of ether oxygens (including phenoxy) is 1. The monoisotopic (exact) mass is 511 g/mol. The molecule has 8 heteroatoms. The summed E-state index contributed by atoms with van der Waals surface area (Å²) in [6, 6.07) is 12.6. The third kappa shape index (κ3) is 8.60. The van der Waals surface area contributed by atoms with Gasteiger partial charge in [-0.25, -0.2) is 4.79 Å². The van der Waals surface area contributed by atoms with Gasteiger partial charge in [0.05, 0.1) is 6.61 Å². The smallest absolute Gasteiger partial charge is 0.408 e. The van der Waals surface area contributed by atoms with Crippen molar-refractivity contribution in [2.45, 2.75) is 85.2 Å². The van der Waals surface area contributed by atoms with Crippen molar-refractivity contribution in [1.82, 2.24) is 15.5 Å². The average Bonchev–Trinajstić information content (AvgIpc) is 2.83. The molecule has 0 spiro atoms. The van der Waals surface area contributed by atoms with Gasteiger partial charge in [-0.2, -0.15) is 0 Å². The number of aliphatic hydroxyl groups is 1. The minimum atomic E-state index is -1.28. The molecule has 3 unspecified atom stereocenters. The van der Waals surface area contributed by atoms with Crippen molar-refractivity contribution in [1.29, 1.82) is 0 Å². The summed E-state index contributed by atoms with van der Waals surface area (Å²) in [4.78, 5) is 41.5. The van der Waals surface area contributed by atoms with Crippen LogP contribution in [0.2, 0.25) is 0 Å². The molecule has 0 aliphatic carbocycles. The van der Waals surface area contributed by atoms with Crippen LogP contribution in [-0.2, 0) is 20.9 Å². The van der Waals surface area contributed by atoms with Crippen LogP contribution in [0.3, 0.4) is 0 Å². The Kier molecular flexibility index (Phi) is 10.7. The van der Waals surface area contributed by atoms with E-state index in [2.05, 4.69) is 10.6 Å². The minimum Gasteiger partial charge on any atom is -0.444 e. The lowest BCUT2D eigenvalue weighted by Crippen LogP contribution is -2.56. The Morgan fingerprint density at radius 2 is 1.70 bits per heavy atom. The van der Waals surface area contributed by atoms with Crippen molar-refractivity contribution < 1.29 is 24.2 Å². The van der Waals surface area contributed by atoms with Crippen LogP contribution >= 0.6 is 0 Å². The van der Waals surface area contributed by atoms with Gasteiger partial charge in [-0.3, -0.25) is 9.59 Å². The van der Waals surface area contributed by atoms with Crippen molar-refractivity contribution >= 4 is 17.9 Å². The molecule has 3 N–H and O–H groups in total. The highest BCUT2D eigenvalue weighted by Gasteiger charge is 2.38. The summed E-state index contributed by atoms with van der Waals surface area (Å²) in [6.07, 6.45) is -0.260. The molecule has 2 rings (SSSR count). The van der Waals surface area contributed by atoms with E-state index in [1.165, 1.54) is 4.90 Å². The highest BCUT2D eigenvalue weighted by molar-refractivity contribution is 5.92. The number of nitrogens with zero attached hydrogens (tertiary/aromatic N) is 1. The maximum atomic E-state index is 13.9. The van der Waals surface area contributed by atoms with Crippen LogP contribution in [-0.4, -0.2) is 52.2 Å². The van der Waals surface area contributed by atoms with Gasteiger partial charge in [-0.15, -0.1) is 0 Å². The number of aliphatic hydroxyl groups excluding tert-OH is 1. The van der Waals surface area contributed by atoms with Crippen molar-refractivity contribution in [2.24, 2.45) is 0 Å². The van der Waals surface area contributed by atoms with Gasteiger partial charge in [0, 0.05) is 12.6 Å². The van der Waals surface area contributed by atoms with E-state index in [9.17, 15) is 19.5 Å². The lowest BCUT2D eigenvalue weighted by atomic mass is 9.95. The fraction of sp³-hybridized carbons (Fsp3) is 0.483. The maximum absolute atomic E-state index is 13.9. The molecule has 0 aromatic heterocycles. The highest BCUT2D eigenvalue weighted by Crippen LogP contribution is 2.29. The molecule has 0 aliphatic rings. The Labute approximate surface area is 220 Å². The third-order valence-electron chi connectivity index (χ3n) is 6.05. The second-order valence-electron chi connectivity index (χ2n) is 10.4. The Bertz CT molecular complexity index is 1060. The second-order valence-corrected chi connectivity index (χ2v) is 10.4. The first-order valence-electron chi connectivity index (χ1n) is 12.7. The molecule has 37 heavy (non-hydrogen) atoms. The van der Waals surface area contributed by atoms with E-state index in [1.54, 1.807) is 20.8 Å². The van der Waals surface area contributed by atoms with Gasteiger partial charge in [0.25, 0.3) is 0 Å². The van der Waals surface area contributed by atoms with Crippen LogP contribution in [0.15, 0.2) is 48.5 Å². The lowest BCUT2D eigenvalue weighted by molar-refractivity contribution is -0.146. The van der Waals surface area contributed by atoms with Crippen LogP contribution in [0.25, 0.3) is 0 Å². The largest absolute Gasteiger partial charge is 0.444 e. The number of hydrogen-bond donors (Lipinski definition) is 3. The molecule has 0 radical (unpaired) electrons. The quantitative estimate of drug-likeness (QED) is 0.444. The number of alkyl carbamates (subject to hydrolysis) is 1. The van der Waals surface area contributed by atoms with Gasteiger partial charge in [-0.1, -0.05) is 61.0 Å². The Morgan fingerprint density at radius 1 is 1.05 bits per heavy atom. The molecule has 0 aliphatic heterocycles. The SMILES string of the molecule is CCC(C)N(C(=O)C(CO)NC(=O)OC(C)(C)C)C(C(=O)NCc1ccccc1)c1ccc(C)cc1C. The van der Waals surface area contributed by atoms with Crippen LogP contribution in [0.1, 0.15) is 69.3 Å². The zero-order chi connectivity index (χ0) is 27.8. The predicted octanol–water partition coefficient (Wildman–Crippen LogP) is 4.17. The molecule has 2 aromatic carbocycles. The number of benzene rings is 2. The van der Waals surface area contributed by atoms with Gasteiger partial charge in [0.2, 0.25) is 11.8 Å². The summed E-state index contributed by atoms with van der Waals surface area (Å²) in [5.41, 5.74) is 2.73. The van der Waals surface area contributed by atoms with Gasteiger partial charge in [-0.05, 0) is 64.7 Å². The highest BCUT2D eigenvalue weighted by atomic mass is 16.6. The fourth-order valence-electron chi connectivity index (χ4n) is 4.04. The van der Waals surface area contributed by atoms with E-state index in [0.717, 1.165) is 16.7 Å². The number of aryl methyl sites for hydroxylation is 2. The number of rotatable bonds is 10. The molecule has 2 aromatic rings. The molecule has 0 fully saturated rings. The topological polar surface area (TPSA) is 108 Å². The number of hydrogen-bond acceptors (Lipinski definition) is 5. The van der Waals surface area contributed by atoms with E-state index in [1.807, 2.05) is 76.2 Å². The van der Waals surface area contributed by atoms with Gasteiger partial charge >= 0.3 is 6.09 Å². The number of amides is 3. The lowest BCUT2D eigenvalue weighted by Gasteiger charge is -2.38. The fourth-order valence-corrected chi connectivity index (χ4v) is 4.04. The minimum absolute atomic E-state index is 0.295. The van der Waals surface area contributed by atoms with E-state index in [4.69, 9.17) is 4.74 Å². The number of nitrogens with one attached hydrogen (secondary N) is 2. The van der Waals surface area contributed by atoms with Gasteiger partial charge < -0.3 is 25.4 Å². The van der Waals surface area contributed by atoms with E-state index in [-0.39, 0.29) is 11.9 Å². The third-order valence-corrected chi connectivity index (χ3v) is 6.05. The van der Waals surface area contributed by atoms with Gasteiger partial charge in [0.1, 0.15) is 17.7 Å². The summed E-state index contributed by atoms with van der Waals surface area (Å²) in [5.74, 6) is -0.916. The summed E-state index contributed by atoms with van der Waals surface area (Å²) in [5, 5.41) is 15.5. The number of carbonyl (C=O) groups is 3. The Morgan fingerprint density at radius 3 is 2.24 bits per heavy atom. The molecule has 3 atom stereocenters. The van der Waals surface area contributed by atoms with Crippen LogP contribution in [0.5, 0.6) is 0 Å². The summed E-state index contributed by atoms with van der Waals surface area (Å²) < 4.78 is 5.29. The van der Waals surface area contributed by atoms with Gasteiger partial charge in [0.15, 0.2) is 0 Å². The Hall–Kier alpha value is -3.39. The van der Waals surface area contributed by atoms with E-state index < -0.39 is 36.3 Å². The molecule has 3 amide bonds. The van der Waals surface area contributed by atoms with Crippen molar-refractivity contribution in [2.75, 3.05) is 6.61 Å². The molecule has 202 valence electrons. The first-order chi connectivity index (χ1) is 17.4. The molecule has 0 saturated carbocycles. The number of carbonyl (C=O) groups excluding carboxylic acids is 3. The molecular formula is C29H41N3O5. The standard InChI is InChI=1S/C29H41N3O5/c1-8-21(4)32(27(35)24(18-33)31-28(36)37-29(5,6)7)25(23-15-14-19(2)16-20(23)3)26(34)30-17-22-12-10-9-11-13-22/h9-16,21,24-25,33H,8,17-18H2,1-7H3,(H,30,34)(H,31,36).